The molecule has 4 aromatic carbocycles. The second-order valence-corrected chi connectivity index (χ2v) is 10.8. The van der Waals surface area contributed by atoms with Crippen LogP contribution in [0.2, 0.25) is 5.02 Å². The third-order valence-electron chi connectivity index (χ3n) is 5.55. The molecule has 4 heteroatoms. The second kappa shape index (κ2) is 8.23. The molecule has 0 spiro atoms. The van der Waals surface area contributed by atoms with Crippen LogP contribution in [0.25, 0.3) is 5.76 Å². The predicted octanol–water partition coefficient (Wildman–Crippen LogP) is 6.83. The first-order chi connectivity index (χ1) is 15.2. The van der Waals surface area contributed by atoms with Crippen LogP contribution in [-0.4, -0.2) is 0 Å². The smallest absolute Gasteiger partial charge is 0.154 e. The van der Waals surface area contributed by atoms with Crippen molar-refractivity contribution in [3.8, 4) is 5.75 Å². The van der Waals surface area contributed by atoms with E-state index in [9.17, 15) is 0 Å². The Bertz CT molecular complexity index is 1240. The molecule has 1 heterocycles. The number of ether oxygens (including phenoxy) is 1. The Morgan fingerprint density at radius 2 is 1.26 bits per heavy atom. The van der Waals surface area contributed by atoms with Gasteiger partial charge in [0.15, 0.2) is 7.14 Å². The van der Waals surface area contributed by atoms with E-state index in [-0.39, 0.29) is 0 Å². The molecule has 0 fully saturated rings. The minimum Gasteiger partial charge on any atom is -0.457 e. The molecule has 5 rings (SSSR count). The topological polar surface area (TPSA) is 26.3 Å². The molecule has 0 saturated heterocycles. The predicted molar refractivity (Wildman–Crippen MR) is 129 cm³/mol. The Kier molecular flexibility index (Phi) is 5.28. The van der Waals surface area contributed by atoms with Crippen LogP contribution in [0.4, 0.5) is 0 Å². The fourth-order valence-electron chi connectivity index (χ4n) is 4.06. The van der Waals surface area contributed by atoms with Crippen molar-refractivity contribution >= 4 is 35.1 Å². The summed E-state index contributed by atoms with van der Waals surface area (Å²) < 4.78 is 21.3. The summed E-state index contributed by atoms with van der Waals surface area (Å²) in [6.07, 6.45) is 1.99. The van der Waals surface area contributed by atoms with E-state index in [1.807, 2.05) is 109 Å². The summed E-state index contributed by atoms with van der Waals surface area (Å²) in [7, 11) is -3.12. The molecule has 4 aromatic rings. The minimum absolute atomic E-state index is 0.407. The van der Waals surface area contributed by atoms with Gasteiger partial charge in [-0.3, -0.25) is 0 Å². The van der Waals surface area contributed by atoms with Gasteiger partial charge in [-0.05, 0) is 24.3 Å². The molecular formula is C27H20ClO2P. The largest absolute Gasteiger partial charge is 0.457 e. The zero-order chi connectivity index (χ0) is 21.3. The fourth-order valence-corrected chi connectivity index (χ4v) is 7.35. The van der Waals surface area contributed by atoms with Crippen LogP contribution in [0.3, 0.4) is 0 Å². The molecule has 0 amide bonds. The van der Waals surface area contributed by atoms with Gasteiger partial charge in [0.1, 0.15) is 11.5 Å². The Balaban J connectivity index is 1.79. The van der Waals surface area contributed by atoms with Gasteiger partial charge >= 0.3 is 0 Å². The van der Waals surface area contributed by atoms with E-state index in [4.69, 9.17) is 16.3 Å². The van der Waals surface area contributed by atoms with Crippen molar-refractivity contribution in [1.29, 1.82) is 0 Å². The van der Waals surface area contributed by atoms with Crippen molar-refractivity contribution in [2.24, 2.45) is 0 Å². The molecular weight excluding hydrogens is 423 g/mol. The van der Waals surface area contributed by atoms with Crippen molar-refractivity contribution < 1.29 is 9.30 Å². The van der Waals surface area contributed by atoms with Crippen LogP contribution in [-0.2, 0) is 4.57 Å². The monoisotopic (exact) mass is 442 g/mol. The maximum atomic E-state index is 15.1. The van der Waals surface area contributed by atoms with Crippen LogP contribution < -0.4 is 15.3 Å². The highest BCUT2D eigenvalue weighted by atomic mass is 35.5. The van der Waals surface area contributed by atoms with E-state index in [2.05, 4.69) is 0 Å². The standard InChI is InChI=1S/C27H20ClO2P/c28-21-16-17-25-24(18-21)27(19-26(30-25)20-10-4-1-5-11-20)31(29,22-12-6-2-7-13-22)23-14-8-3-9-15-23/h1-19,27H. The van der Waals surface area contributed by atoms with Gasteiger partial charge in [-0.1, -0.05) is 103 Å². The molecule has 1 atom stereocenters. The highest BCUT2D eigenvalue weighted by molar-refractivity contribution is 7.79. The van der Waals surface area contributed by atoms with Crippen molar-refractivity contribution in [3.63, 3.8) is 0 Å². The van der Waals surface area contributed by atoms with Gasteiger partial charge in [-0.25, -0.2) is 0 Å². The van der Waals surface area contributed by atoms with E-state index in [0.717, 1.165) is 21.7 Å². The molecule has 0 aliphatic carbocycles. The molecule has 31 heavy (non-hydrogen) atoms. The van der Waals surface area contributed by atoms with Crippen molar-refractivity contribution in [3.05, 3.63) is 131 Å². The normalized spacial score (nSPS) is 15.5. The van der Waals surface area contributed by atoms with Gasteiger partial charge in [0.25, 0.3) is 0 Å². The molecule has 152 valence electrons. The van der Waals surface area contributed by atoms with Gasteiger partial charge in [-0.15, -0.1) is 0 Å². The van der Waals surface area contributed by atoms with E-state index in [1.165, 1.54) is 0 Å². The van der Waals surface area contributed by atoms with E-state index in [0.29, 0.717) is 16.5 Å². The number of hydrogen-bond donors (Lipinski definition) is 0. The summed E-state index contributed by atoms with van der Waals surface area (Å²) in [4.78, 5) is 0. The molecule has 1 aliphatic rings. The van der Waals surface area contributed by atoms with Crippen molar-refractivity contribution in [1.82, 2.24) is 0 Å². The van der Waals surface area contributed by atoms with Gasteiger partial charge in [0, 0.05) is 26.8 Å². The van der Waals surface area contributed by atoms with Gasteiger partial charge in [0.2, 0.25) is 0 Å². The first kappa shape index (κ1) is 19.9. The molecule has 0 N–H and O–H groups in total. The Hall–Kier alpha value is -3.06. The summed E-state index contributed by atoms with van der Waals surface area (Å²) in [6.45, 7) is 0. The van der Waals surface area contributed by atoms with Gasteiger partial charge < -0.3 is 9.30 Å². The van der Waals surface area contributed by atoms with Crippen LogP contribution in [0, 0.1) is 0 Å². The molecule has 2 nitrogen and oxygen atoms in total. The van der Waals surface area contributed by atoms with E-state index < -0.39 is 12.8 Å². The number of benzene rings is 4. The van der Waals surface area contributed by atoms with Crippen LogP contribution in [0.5, 0.6) is 5.75 Å². The summed E-state index contributed by atoms with van der Waals surface area (Å²) in [6, 6.07) is 34.9. The summed E-state index contributed by atoms with van der Waals surface area (Å²) >= 11 is 6.37. The van der Waals surface area contributed by atoms with Gasteiger partial charge in [-0.2, -0.15) is 0 Å². The zero-order valence-corrected chi connectivity index (χ0v) is 18.3. The van der Waals surface area contributed by atoms with Crippen molar-refractivity contribution in [2.75, 3.05) is 0 Å². The number of halogens is 1. The molecule has 1 unspecified atom stereocenters. The van der Waals surface area contributed by atoms with Crippen LogP contribution >= 0.6 is 18.7 Å². The average molecular weight is 443 g/mol. The minimum atomic E-state index is -3.12. The second-order valence-electron chi connectivity index (χ2n) is 7.46. The third kappa shape index (κ3) is 3.63. The van der Waals surface area contributed by atoms with Crippen LogP contribution in [0.1, 0.15) is 16.8 Å². The first-order valence-corrected chi connectivity index (χ1v) is 12.3. The Morgan fingerprint density at radius 1 is 0.710 bits per heavy atom. The highest BCUT2D eigenvalue weighted by Gasteiger charge is 2.40. The SMILES string of the molecule is O=P(c1ccccc1)(c1ccccc1)C1C=C(c2ccccc2)Oc2ccc(Cl)cc21. The molecule has 0 aromatic heterocycles. The molecule has 0 radical (unpaired) electrons. The van der Waals surface area contributed by atoms with E-state index in [1.54, 1.807) is 6.07 Å². The van der Waals surface area contributed by atoms with Crippen LogP contribution in [0.15, 0.2) is 115 Å². The lowest BCUT2D eigenvalue weighted by Crippen LogP contribution is -2.23. The van der Waals surface area contributed by atoms with E-state index >= 15 is 4.57 Å². The maximum absolute atomic E-state index is 15.1. The average Bonchev–Trinajstić information content (AvgIpc) is 2.84. The zero-order valence-electron chi connectivity index (χ0n) is 16.7. The number of rotatable bonds is 4. The first-order valence-electron chi connectivity index (χ1n) is 10.1. The lowest BCUT2D eigenvalue weighted by atomic mass is 10.0. The summed E-state index contributed by atoms with van der Waals surface area (Å²) in [5, 5.41) is 2.21. The lowest BCUT2D eigenvalue weighted by molar-refractivity contribution is 0.494. The maximum Gasteiger partial charge on any atom is 0.154 e. The molecule has 0 bridgehead atoms. The number of fused-ring (bicyclic) bond motifs is 1. The lowest BCUT2D eigenvalue weighted by Gasteiger charge is -2.32. The Labute approximate surface area is 187 Å². The quantitative estimate of drug-likeness (QED) is 0.324. The highest BCUT2D eigenvalue weighted by Crippen LogP contribution is 2.61. The Morgan fingerprint density at radius 3 is 1.84 bits per heavy atom. The number of hydrogen-bond acceptors (Lipinski definition) is 2. The summed E-state index contributed by atoms with van der Waals surface area (Å²) in [5.41, 5.74) is 1.37. The molecule has 1 aliphatic heterocycles. The van der Waals surface area contributed by atoms with Gasteiger partial charge in [0.05, 0.1) is 5.66 Å². The fraction of sp³-hybridized carbons (Fsp3) is 0.0370. The number of allylic oxidation sites excluding steroid dienone is 1. The van der Waals surface area contributed by atoms with Crippen molar-refractivity contribution in [2.45, 2.75) is 5.66 Å². The third-order valence-corrected chi connectivity index (χ3v) is 9.13. The molecule has 0 saturated carbocycles. The summed E-state index contributed by atoms with van der Waals surface area (Å²) in [5.74, 6) is 1.38.